The van der Waals surface area contributed by atoms with Crippen LogP contribution in [-0.2, 0) is 21.5 Å². The topological polar surface area (TPSA) is 159 Å². The summed E-state index contributed by atoms with van der Waals surface area (Å²) in [6.07, 6.45) is 6.77. The monoisotopic (exact) mass is 711 g/mol. The standard InChI is InChI=1S/C36H41N9O5S/c1-6-50-31(46)19-23-13-16-43(17-14-23)32-27(11-12-29-40-41-42-45(29)21-24-7-9-26(49-5)10-8-24)34(48)44-18-15-25(20-30(44)38-32)33(47)39-35-37-28(22-51-35)36(2,3)4/h7-12,15,18,20,22-23H,6,13-14,16-17,19,21H2,1-5H3,(H,37,39,47)/b12-11+. The molecule has 15 heteroatoms. The molecule has 1 amide bonds. The van der Waals surface area contributed by atoms with Gasteiger partial charge >= 0.3 is 5.97 Å². The molecule has 1 N–H and O–H groups in total. The van der Waals surface area contributed by atoms with Crippen LogP contribution in [0, 0.1) is 5.92 Å². The molecule has 5 heterocycles. The summed E-state index contributed by atoms with van der Waals surface area (Å²) in [6, 6.07) is 10.8. The predicted octanol–water partition coefficient (Wildman–Crippen LogP) is 5.08. The number of benzene rings is 1. The minimum Gasteiger partial charge on any atom is -0.497 e. The fourth-order valence-electron chi connectivity index (χ4n) is 5.82. The average Bonchev–Trinajstić information content (AvgIpc) is 3.78. The molecule has 1 fully saturated rings. The Morgan fingerprint density at radius 2 is 1.84 bits per heavy atom. The van der Waals surface area contributed by atoms with Crippen LogP contribution < -0.4 is 20.5 Å². The van der Waals surface area contributed by atoms with E-state index in [-0.39, 0.29) is 28.8 Å². The van der Waals surface area contributed by atoms with E-state index >= 15 is 0 Å². The van der Waals surface area contributed by atoms with Crippen molar-refractivity contribution in [1.82, 2.24) is 34.6 Å². The first-order valence-corrected chi connectivity index (χ1v) is 17.7. The summed E-state index contributed by atoms with van der Waals surface area (Å²) < 4.78 is 13.5. The number of aromatic nitrogens is 7. The number of thiazole rings is 1. The van der Waals surface area contributed by atoms with Crippen LogP contribution in [-0.4, -0.2) is 73.3 Å². The number of methoxy groups -OCH3 is 1. The lowest BCUT2D eigenvalue weighted by molar-refractivity contribution is -0.144. The largest absolute Gasteiger partial charge is 0.497 e. The third-order valence-electron chi connectivity index (χ3n) is 8.73. The zero-order valence-electron chi connectivity index (χ0n) is 29.3. The second-order valence-corrected chi connectivity index (χ2v) is 14.2. The molecule has 0 spiro atoms. The number of hydrogen-bond donors (Lipinski definition) is 1. The van der Waals surface area contributed by atoms with Gasteiger partial charge in [0, 0.05) is 42.1 Å². The van der Waals surface area contributed by atoms with Gasteiger partial charge in [-0.15, -0.1) is 16.4 Å². The van der Waals surface area contributed by atoms with Crippen molar-refractivity contribution in [1.29, 1.82) is 0 Å². The lowest BCUT2D eigenvalue weighted by Gasteiger charge is -2.33. The lowest BCUT2D eigenvalue weighted by Crippen LogP contribution is -2.37. The molecule has 6 rings (SSSR count). The van der Waals surface area contributed by atoms with Crippen molar-refractivity contribution in [3.63, 3.8) is 0 Å². The van der Waals surface area contributed by atoms with Crippen LogP contribution in [0.3, 0.4) is 0 Å². The number of rotatable bonds is 11. The molecule has 5 aromatic rings. The van der Waals surface area contributed by atoms with Gasteiger partial charge in [0.1, 0.15) is 17.2 Å². The van der Waals surface area contributed by atoms with Crippen LogP contribution in [0.15, 0.2) is 52.8 Å². The van der Waals surface area contributed by atoms with Crippen molar-refractivity contribution in [2.45, 2.75) is 58.9 Å². The first kappa shape index (κ1) is 35.4. The van der Waals surface area contributed by atoms with Gasteiger partial charge in [-0.2, -0.15) is 0 Å². The molecule has 0 aliphatic carbocycles. The van der Waals surface area contributed by atoms with Crippen molar-refractivity contribution in [3.05, 3.63) is 86.5 Å². The average molecular weight is 712 g/mol. The number of hydrogen-bond acceptors (Lipinski definition) is 12. The third kappa shape index (κ3) is 8.31. The maximum Gasteiger partial charge on any atom is 0.306 e. The Morgan fingerprint density at radius 3 is 2.53 bits per heavy atom. The molecule has 0 bridgehead atoms. The number of esters is 1. The number of pyridine rings is 1. The molecule has 266 valence electrons. The highest BCUT2D eigenvalue weighted by molar-refractivity contribution is 7.14. The van der Waals surface area contributed by atoms with Gasteiger partial charge in [-0.1, -0.05) is 32.9 Å². The van der Waals surface area contributed by atoms with E-state index in [1.165, 1.54) is 15.7 Å². The first-order valence-electron chi connectivity index (χ1n) is 16.8. The number of fused-ring (bicyclic) bond motifs is 1. The number of carbonyl (C=O) groups excluding carboxylic acids is 2. The van der Waals surface area contributed by atoms with E-state index < -0.39 is 0 Å². The van der Waals surface area contributed by atoms with E-state index in [1.807, 2.05) is 29.6 Å². The highest BCUT2D eigenvalue weighted by Gasteiger charge is 2.26. The molecule has 1 aliphatic rings. The van der Waals surface area contributed by atoms with Crippen LogP contribution in [0.2, 0.25) is 0 Å². The van der Waals surface area contributed by atoms with Crippen LogP contribution in [0.5, 0.6) is 5.75 Å². The molecule has 0 saturated carbocycles. The van der Waals surface area contributed by atoms with Gasteiger partial charge in [-0.3, -0.25) is 24.1 Å². The van der Waals surface area contributed by atoms with Gasteiger partial charge in [-0.05, 0) is 78.1 Å². The minimum atomic E-state index is -0.351. The molecule has 1 aromatic carbocycles. The van der Waals surface area contributed by atoms with Gasteiger partial charge in [0.25, 0.3) is 11.5 Å². The van der Waals surface area contributed by atoms with E-state index in [4.69, 9.17) is 14.5 Å². The van der Waals surface area contributed by atoms with Crippen LogP contribution >= 0.6 is 11.3 Å². The Labute approximate surface area is 299 Å². The molecular formula is C36H41N9O5S. The third-order valence-corrected chi connectivity index (χ3v) is 9.48. The number of tetrazole rings is 1. The number of ether oxygens (including phenoxy) is 2. The fraction of sp³-hybridized carbons (Fsp3) is 0.389. The summed E-state index contributed by atoms with van der Waals surface area (Å²) in [7, 11) is 1.62. The fourth-order valence-corrected chi connectivity index (χ4v) is 6.75. The Bertz CT molecular complexity index is 2110. The normalized spacial score (nSPS) is 13.9. The van der Waals surface area contributed by atoms with Gasteiger partial charge < -0.3 is 14.4 Å². The first-order chi connectivity index (χ1) is 24.5. The number of nitrogens with zero attached hydrogens (tertiary/aromatic N) is 8. The summed E-state index contributed by atoms with van der Waals surface area (Å²) in [4.78, 5) is 51.2. The summed E-state index contributed by atoms with van der Waals surface area (Å²) >= 11 is 1.36. The second kappa shape index (κ2) is 15.2. The number of anilines is 2. The Hall–Kier alpha value is -5.44. The number of piperidine rings is 1. The van der Waals surface area contributed by atoms with Crippen LogP contribution in [0.25, 0.3) is 17.8 Å². The summed E-state index contributed by atoms with van der Waals surface area (Å²) in [6.45, 7) is 9.93. The number of nitrogens with one attached hydrogen (secondary N) is 1. The van der Waals surface area contributed by atoms with Gasteiger partial charge in [0.2, 0.25) is 0 Å². The van der Waals surface area contributed by atoms with Gasteiger partial charge in [0.05, 0.1) is 31.5 Å². The quantitative estimate of drug-likeness (QED) is 0.182. The maximum absolute atomic E-state index is 14.1. The Morgan fingerprint density at radius 1 is 1.08 bits per heavy atom. The SMILES string of the molecule is CCOC(=O)CC1CCN(c2nc3cc(C(=O)Nc4nc(C(C)(C)C)cs4)ccn3c(=O)c2/C=C/c2nnnn2Cc2ccc(OC)cc2)CC1. The number of amides is 1. The molecule has 14 nitrogen and oxygen atoms in total. The Balaban J connectivity index is 1.31. The summed E-state index contributed by atoms with van der Waals surface area (Å²) in [5.74, 6) is 1.30. The molecule has 51 heavy (non-hydrogen) atoms. The van der Waals surface area contributed by atoms with Gasteiger partial charge in [0.15, 0.2) is 11.0 Å². The van der Waals surface area contributed by atoms with Gasteiger partial charge in [-0.25, -0.2) is 14.6 Å². The van der Waals surface area contributed by atoms with E-state index in [0.29, 0.717) is 66.2 Å². The Kier molecular flexibility index (Phi) is 10.6. The zero-order chi connectivity index (χ0) is 36.1. The van der Waals surface area contributed by atoms with Crippen molar-refractivity contribution in [2.75, 3.05) is 37.0 Å². The highest BCUT2D eigenvalue weighted by Crippen LogP contribution is 2.29. The van der Waals surface area contributed by atoms with E-state index in [2.05, 4.69) is 51.5 Å². The molecule has 1 aliphatic heterocycles. The highest BCUT2D eigenvalue weighted by atomic mass is 32.1. The maximum atomic E-state index is 14.1. The summed E-state index contributed by atoms with van der Waals surface area (Å²) in [5, 5.41) is 17.5. The summed E-state index contributed by atoms with van der Waals surface area (Å²) in [5.41, 5.74) is 2.43. The smallest absolute Gasteiger partial charge is 0.306 e. The molecule has 4 aromatic heterocycles. The molecule has 0 unspecified atom stereocenters. The van der Waals surface area contributed by atoms with Crippen molar-refractivity contribution in [2.24, 2.45) is 5.92 Å². The van der Waals surface area contributed by atoms with E-state index in [0.717, 1.165) is 29.8 Å². The molecule has 1 saturated heterocycles. The molecular weight excluding hydrogens is 671 g/mol. The second-order valence-electron chi connectivity index (χ2n) is 13.4. The molecule has 0 atom stereocenters. The van der Waals surface area contributed by atoms with Crippen LogP contribution in [0.4, 0.5) is 10.9 Å². The lowest BCUT2D eigenvalue weighted by atomic mass is 9.93. The van der Waals surface area contributed by atoms with Crippen molar-refractivity contribution >= 4 is 52.0 Å². The van der Waals surface area contributed by atoms with E-state index in [9.17, 15) is 14.4 Å². The van der Waals surface area contributed by atoms with Crippen molar-refractivity contribution in [3.8, 4) is 5.75 Å². The number of carbonyl (C=O) groups is 2. The van der Waals surface area contributed by atoms with E-state index in [1.54, 1.807) is 49.2 Å². The minimum absolute atomic E-state index is 0.147. The zero-order valence-corrected chi connectivity index (χ0v) is 30.1. The molecule has 0 radical (unpaired) electrons. The van der Waals surface area contributed by atoms with Crippen molar-refractivity contribution < 1.29 is 19.1 Å². The van der Waals surface area contributed by atoms with Crippen LogP contribution in [0.1, 0.15) is 80.0 Å². The predicted molar refractivity (Wildman–Crippen MR) is 195 cm³/mol.